The highest BCUT2D eigenvalue weighted by molar-refractivity contribution is 5.30. The van der Waals surface area contributed by atoms with Gasteiger partial charge in [0.15, 0.2) is 0 Å². The number of halogens is 3. The Hall–Kier alpha value is -2.01. The summed E-state index contributed by atoms with van der Waals surface area (Å²) in [7, 11) is 0. The third-order valence-electron chi connectivity index (χ3n) is 2.88. The first-order chi connectivity index (χ1) is 9.47. The van der Waals surface area contributed by atoms with Gasteiger partial charge in [-0.15, -0.1) is 0 Å². The van der Waals surface area contributed by atoms with Crippen LogP contribution in [0, 0.1) is 0 Å². The Morgan fingerprint density at radius 2 is 1.70 bits per heavy atom. The zero-order valence-electron chi connectivity index (χ0n) is 10.6. The van der Waals surface area contributed by atoms with Crippen LogP contribution in [0.25, 0.3) is 0 Å². The summed E-state index contributed by atoms with van der Waals surface area (Å²) in [4.78, 5) is 0. The summed E-state index contributed by atoms with van der Waals surface area (Å²) in [6.45, 7) is 0.506. The molecule has 0 atom stereocenters. The lowest BCUT2D eigenvalue weighted by molar-refractivity contribution is -0.138. The van der Waals surface area contributed by atoms with E-state index in [0.29, 0.717) is 6.54 Å². The van der Waals surface area contributed by atoms with Gasteiger partial charge in [0.05, 0.1) is 5.56 Å². The number of aromatic hydroxyl groups is 1. The average molecular weight is 281 g/mol. The van der Waals surface area contributed by atoms with Gasteiger partial charge in [0.25, 0.3) is 0 Å². The van der Waals surface area contributed by atoms with Crippen molar-refractivity contribution in [2.75, 3.05) is 0 Å². The number of phenolic OH excluding ortho intramolecular Hbond substituents is 1. The number of hydrogen-bond acceptors (Lipinski definition) is 2. The van der Waals surface area contributed by atoms with Gasteiger partial charge in [0.2, 0.25) is 0 Å². The quantitative estimate of drug-likeness (QED) is 0.895. The zero-order chi connectivity index (χ0) is 14.6. The van der Waals surface area contributed by atoms with E-state index < -0.39 is 11.7 Å². The van der Waals surface area contributed by atoms with Crippen LogP contribution in [0.5, 0.6) is 5.75 Å². The highest BCUT2D eigenvalue weighted by Gasteiger charge is 2.32. The van der Waals surface area contributed by atoms with Crippen molar-refractivity contribution in [3.63, 3.8) is 0 Å². The van der Waals surface area contributed by atoms with Crippen LogP contribution in [0.3, 0.4) is 0 Å². The highest BCUT2D eigenvalue weighted by atomic mass is 19.4. The summed E-state index contributed by atoms with van der Waals surface area (Å²) in [6, 6.07) is 12.1. The first-order valence-electron chi connectivity index (χ1n) is 6.10. The van der Waals surface area contributed by atoms with E-state index in [1.165, 1.54) is 12.1 Å². The van der Waals surface area contributed by atoms with Crippen LogP contribution >= 0.6 is 0 Å². The second-order valence-corrected chi connectivity index (χ2v) is 4.43. The molecular formula is C15H14F3NO. The normalized spacial score (nSPS) is 11.6. The fourth-order valence-corrected chi connectivity index (χ4v) is 1.96. The summed E-state index contributed by atoms with van der Waals surface area (Å²) < 4.78 is 38.4. The molecule has 0 unspecified atom stereocenters. The molecule has 20 heavy (non-hydrogen) atoms. The molecule has 106 valence electrons. The highest BCUT2D eigenvalue weighted by Crippen LogP contribution is 2.31. The summed E-state index contributed by atoms with van der Waals surface area (Å²) >= 11 is 0. The van der Waals surface area contributed by atoms with Crippen LogP contribution in [-0.2, 0) is 19.3 Å². The van der Waals surface area contributed by atoms with E-state index in [4.69, 9.17) is 0 Å². The van der Waals surface area contributed by atoms with Crippen molar-refractivity contribution in [1.29, 1.82) is 0 Å². The first-order valence-corrected chi connectivity index (χ1v) is 6.10. The standard InChI is InChI=1S/C15H14F3NO/c16-15(17,18)14-7-2-1-5-12(14)10-19-9-11-4-3-6-13(20)8-11/h1-8,19-20H,9-10H2. The molecule has 0 spiro atoms. The van der Waals surface area contributed by atoms with Crippen LogP contribution < -0.4 is 5.32 Å². The fourth-order valence-electron chi connectivity index (χ4n) is 1.96. The van der Waals surface area contributed by atoms with Gasteiger partial charge in [-0.05, 0) is 29.3 Å². The monoisotopic (exact) mass is 281 g/mol. The van der Waals surface area contributed by atoms with E-state index in [1.54, 1.807) is 30.3 Å². The van der Waals surface area contributed by atoms with E-state index in [2.05, 4.69) is 5.32 Å². The van der Waals surface area contributed by atoms with Gasteiger partial charge in [0.1, 0.15) is 5.75 Å². The lowest BCUT2D eigenvalue weighted by Crippen LogP contribution is -2.17. The number of alkyl halides is 3. The zero-order valence-corrected chi connectivity index (χ0v) is 10.6. The van der Waals surface area contributed by atoms with Gasteiger partial charge in [-0.25, -0.2) is 0 Å². The minimum Gasteiger partial charge on any atom is -0.508 e. The predicted octanol–water partition coefficient (Wildman–Crippen LogP) is 3.70. The van der Waals surface area contributed by atoms with E-state index in [0.717, 1.165) is 11.6 Å². The number of nitrogens with one attached hydrogen (secondary N) is 1. The summed E-state index contributed by atoms with van der Waals surface area (Å²) in [5.41, 5.74) is 0.401. The van der Waals surface area contributed by atoms with Crippen LogP contribution in [0.4, 0.5) is 13.2 Å². The van der Waals surface area contributed by atoms with Crippen molar-refractivity contribution in [2.45, 2.75) is 19.3 Å². The topological polar surface area (TPSA) is 32.3 Å². The molecule has 2 N–H and O–H groups in total. The van der Waals surface area contributed by atoms with Crippen molar-refractivity contribution in [1.82, 2.24) is 5.32 Å². The van der Waals surface area contributed by atoms with E-state index in [9.17, 15) is 18.3 Å². The molecule has 0 heterocycles. The van der Waals surface area contributed by atoms with Crippen molar-refractivity contribution in [2.24, 2.45) is 0 Å². The predicted molar refractivity (Wildman–Crippen MR) is 70.1 cm³/mol. The lowest BCUT2D eigenvalue weighted by atomic mass is 10.1. The van der Waals surface area contributed by atoms with Gasteiger partial charge in [-0.3, -0.25) is 0 Å². The molecule has 0 amide bonds. The Labute approximate surface area is 114 Å². The molecule has 0 aliphatic heterocycles. The Balaban J connectivity index is 2.01. The second kappa shape index (κ2) is 5.96. The minimum atomic E-state index is -4.34. The van der Waals surface area contributed by atoms with E-state index in [1.807, 2.05) is 0 Å². The van der Waals surface area contributed by atoms with Gasteiger partial charge in [-0.2, -0.15) is 13.2 Å². The molecule has 2 aromatic carbocycles. The third kappa shape index (κ3) is 3.74. The minimum absolute atomic E-state index is 0.116. The van der Waals surface area contributed by atoms with Crippen LogP contribution in [0.1, 0.15) is 16.7 Å². The lowest BCUT2D eigenvalue weighted by Gasteiger charge is -2.13. The molecule has 2 aromatic rings. The Bertz CT molecular complexity index is 581. The Morgan fingerprint density at radius 1 is 0.950 bits per heavy atom. The molecule has 0 aromatic heterocycles. The third-order valence-corrected chi connectivity index (χ3v) is 2.88. The van der Waals surface area contributed by atoms with Crippen molar-refractivity contribution in [3.05, 3.63) is 65.2 Å². The smallest absolute Gasteiger partial charge is 0.416 e. The fraction of sp³-hybridized carbons (Fsp3) is 0.200. The first kappa shape index (κ1) is 14.4. The molecule has 2 rings (SSSR count). The average Bonchev–Trinajstić information content (AvgIpc) is 2.38. The molecule has 0 bridgehead atoms. The van der Waals surface area contributed by atoms with Gasteiger partial charge < -0.3 is 10.4 Å². The maximum atomic E-state index is 12.8. The summed E-state index contributed by atoms with van der Waals surface area (Å²) in [5.74, 6) is 0.139. The largest absolute Gasteiger partial charge is 0.508 e. The number of phenols is 1. The molecule has 5 heteroatoms. The van der Waals surface area contributed by atoms with Crippen molar-refractivity contribution in [3.8, 4) is 5.75 Å². The molecule has 0 radical (unpaired) electrons. The van der Waals surface area contributed by atoms with Gasteiger partial charge in [-0.1, -0.05) is 30.3 Å². The van der Waals surface area contributed by atoms with Gasteiger partial charge >= 0.3 is 6.18 Å². The number of rotatable bonds is 4. The molecule has 0 saturated heterocycles. The molecule has 0 aliphatic rings. The SMILES string of the molecule is Oc1cccc(CNCc2ccccc2C(F)(F)F)c1. The number of hydrogen-bond donors (Lipinski definition) is 2. The molecule has 2 nitrogen and oxygen atoms in total. The molecule has 0 saturated carbocycles. The van der Waals surface area contributed by atoms with Crippen LogP contribution in [0.15, 0.2) is 48.5 Å². The second-order valence-electron chi connectivity index (χ2n) is 4.43. The Morgan fingerprint density at radius 3 is 2.40 bits per heavy atom. The maximum absolute atomic E-state index is 12.8. The molecule has 0 aliphatic carbocycles. The summed E-state index contributed by atoms with van der Waals surface area (Å²) in [5, 5.41) is 12.3. The summed E-state index contributed by atoms with van der Waals surface area (Å²) in [6.07, 6.45) is -4.34. The Kier molecular flexibility index (Phi) is 4.29. The maximum Gasteiger partial charge on any atom is 0.416 e. The van der Waals surface area contributed by atoms with Crippen molar-refractivity contribution >= 4 is 0 Å². The van der Waals surface area contributed by atoms with E-state index >= 15 is 0 Å². The molecular weight excluding hydrogens is 267 g/mol. The van der Waals surface area contributed by atoms with Crippen LogP contribution in [-0.4, -0.2) is 5.11 Å². The molecule has 0 fully saturated rings. The van der Waals surface area contributed by atoms with Crippen LogP contribution in [0.2, 0.25) is 0 Å². The van der Waals surface area contributed by atoms with Gasteiger partial charge in [0, 0.05) is 13.1 Å². The van der Waals surface area contributed by atoms with E-state index in [-0.39, 0.29) is 17.9 Å². The number of benzene rings is 2. The van der Waals surface area contributed by atoms with Crippen molar-refractivity contribution < 1.29 is 18.3 Å².